The van der Waals surface area contributed by atoms with Crippen LogP contribution in [0.1, 0.15) is 27.7 Å². The zero-order chi connectivity index (χ0) is 11.4. The van der Waals surface area contributed by atoms with Gasteiger partial charge in [-0.05, 0) is 27.7 Å². The molecule has 0 amide bonds. The van der Waals surface area contributed by atoms with E-state index in [9.17, 15) is 9.59 Å². The lowest BCUT2D eigenvalue weighted by atomic mass is 10.2. The second kappa shape index (κ2) is 4.83. The maximum absolute atomic E-state index is 11.0. The minimum absolute atomic E-state index is 0.615. The van der Waals surface area contributed by atoms with Crippen LogP contribution in [0.2, 0.25) is 0 Å². The van der Waals surface area contributed by atoms with Crippen LogP contribution in [0.3, 0.4) is 0 Å². The molecule has 0 aromatic carbocycles. The standard InChI is InChI=1S/C9H16O5/c1-6(7(10)12-5)13-8(11)14-9(2,3)4/h6H,1-5H3/t6-/m0/s1. The summed E-state index contributed by atoms with van der Waals surface area (Å²) in [6.07, 6.45) is -1.83. The average Bonchev–Trinajstić information content (AvgIpc) is 1.99. The van der Waals surface area contributed by atoms with Crippen molar-refractivity contribution in [2.24, 2.45) is 0 Å². The molecule has 0 unspecified atom stereocenters. The van der Waals surface area contributed by atoms with E-state index < -0.39 is 23.8 Å². The Morgan fingerprint density at radius 1 is 1.21 bits per heavy atom. The molecule has 0 saturated carbocycles. The maximum Gasteiger partial charge on any atom is 0.509 e. The quantitative estimate of drug-likeness (QED) is 0.638. The molecule has 0 saturated heterocycles. The predicted octanol–water partition coefficient (Wildman–Crippen LogP) is 1.50. The molecule has 0 aromatic heterocycles. The Bertz CT molecular complexity index is 216. The van der Waals surface area contributed by atoms with E-state index in [4.69, 9.17) is 4.74 Å². The Labute approximate surface area is 83.3 Å². The van der Waals surface area contributed by atoms with Gasteiger partial charge in [0, 0.05) is 0 Å². The van der Waals surface area contributed by atoms with Gasteiger partial charge in [-0.3, -0.25) is 0 Å². The lowest BCUT2D eigenvalue weighted by Gasteiger charge is -2.20. The largest absolute Gasteiger partial charge is 0.509 e. The van der Waals surface area contributed by atoms with Gasteiger partial charge in [0.1, 0.15) is 5.60 Å². The molecule has 5 heteroatoms. The molecule has 0 spiro atoms. The van der Waals surface area contributed by atoms with Crippen LogP contribution in [0, 0.1) is 0 Å². The van der Waals surface area contributed by atoms with Crippen molar-refractivity contribution in [1.82, 2.24) is 0 Å². The third kappa shape index (κ3) is 5.40. The van der Waals surface area contributed by atoms with Crippen LogP contribution < -0.4 is 0 Å². The maximum atomic E-state index is 11.0. The van der Waals surface area contributed by atoms with Gasteiger partial charge in [-0.25, -0.2) is 9.59 Å². The third-order valence-electron chi connectivity index (χ3n) is 1.20. The van der Waals surface area contributed by atoms with Crippen LogP contribution in [0.25, 0.3) is 0 Å². The van der Waals surface area contributed by atoms with Gasteiger partial charge in [0.05, 0.1) is 7.11 Å². The van der Waals surface area contributed by atoms with Crippen LogP contribution >= 0.6 is 0 Å². The zero-order valence-electron chi connectivity index (χ0n) is 9.12. The van der Waals surface area contributed by atoms with Crippen molar-refractivity contribution in [1.29, 1.82) is 0 Å². The first-order chi connectivity index (χ1) is 6.26. The smallest absolute Gasteiger partial charge is 0.466 e. The van der Waals surface area contributed by atoms with Crippen molar-refractivity contribution >= 4 is 12.1 Å². The van der Waals surface area contributed by atoms with Crippen molar-refractivity contribution in [3.63, 3.8) is 0 Å². The fraction of sp³-hybridized carbons (Fsp3) is 0.778. The normalized spacial score (nSPS) is 12.9. The number of carbonyl (C=O) groups excluding carboxylic acids is 2. The average molecular weight is 204 g/mol. The summed E-state index contributed by atoms with van der Waals surface area (Å²) in [5.41, 5.74) is -0.632. The topological polar surface area (TPSA) is 61.8 Å². The second-order valence-corrected chi connectivity index (χ2v) is 3.75. The minimum Gasteiger partial charge on any atom is -0.466 e. The molecule has 0 aromatic rings. The van der Waals surface area contributed by atoms with Crippen LogP contribution in [-0.2, 0) is 19.0 Å². The van der Waals surface area contributed by atoms with Crippen molar-refractivity contribution in [3.8, 4) is 0 Å². The van der Waals surface area contributed by atoms with Gasteiger partial charge in [0.25, 0.3) is 0 Å². The summed E-state index contributed by atoms with van der Waals surface area (Å²) in [5, 5.41) is 0. The molecule has 0 aliphatic rings. The predicted molar refractivity (Wildman–Crippen MR) is 48.8 cm³/mol. The summed E-state index contributed by atoms with van der Waals surface area (Å²) in [5.74, 6) is -0.615. The van der Waals surface area contributed by atoms with Gasteiger partial charge in [-0.1, -0.05) is 0 Å². The van der Waals surface area contributed by atoms with E-state index in [1.165, 1.54) is 14.0 Å². The Kier molecular flexibility index (Phi) is 4.40. The summed E-state index contributed by atoms with van der Waals surface area (Å²) in [7, 11) is 1.22. The number of hydrogen-bond donors (Lipinski definition) is 0. The van der Waals surface area contributed by atoms with E-state index in [-0.39, 0.29) is 0 Å². The highest BCUT2D eigenvalue weighted by Crippen LogP contribution is 2.09. The van der Waals surface area contributed by atoms with E-state index in [2.05, 4.69) is 9.47 Å². The van der Waals surface area contributed by atoms with Gasteiger partial charge in [0.2, 0.25) is 0 Å². The first-order valence-corrected chi connectivity index (χ1v) is 4.23. The van der Waals surface area contributed by atoms with E-state index >= 15 is 0 Å². The Morgan fingerprint density at radius 2 is 1.71 bits per heavy atom. The number of methoxy groups -OCH3 is 1. The molecular weight excluding hydrogens is 188 g/mol. The lowest BCUT2D eigenvalue weighted by Crippen LogP contribution is -2.30. The van der Waals surface area contributed by atoms with Crippen molar-refractivity contribution < 1.29 is 23.8 Å². The molecule has 0 aliphatic carbocycles. The number of esters is 1. The highest BCUT2D eigenvalue weighted by Gasteiger charge is 2.23. The van der Waals surface area contributed by atoms with Crippen molar-refractivity contribution in [2.45, 2.75) is 39.4 Å². The summed E-state index contributed by atoms with van der Waals surface area (Å²) >= 11 is 0. The SMILES string of the molecule is COC(=O)[C@H](C)OC(=O)OC(C)(C)C. The highest BCUT2D eigenvalue weighted by molar-refractivity contribution is 5.76. The number of hydrogen-bond acceptors (Lipinski definition) is 5. The molecule has 5 nitrogen and oxygen atoms in total. The fourth-order valence-corrected chi connectivity index (χ4v) is 0.632. The monoisotopic (exact) mass is 204 g/mol. The molecule has 1 atom stereocenters. The lowest BCUT2D eigenvalue weighted by molar-refractivity contribution is -0.151. The van der Waals surface area contributed by atoms with E-state index in [0.29, 0.717) is 0 Å². The Balaban J connectivity index is 4.01. The highest BCUT2D eigenvalue weighted by atomic mass is 16.7. The molecule has 0 N–H and O–H groups in total. The molecule has 0 bridgehead atoms. The Morgan fingerprint density at radius 3 is 2.07 bits per heavy atom. The number of ether oxygens (including phenoxy) is 3. The minimum atomic E-state index is -0.949. The first-order valence-electron chi connectivity index (χ1n) is 4.23. The van der Waals surface area contributed by atoms with Crippen LogP contribution in [0.4, 0.5) is 4.79 Å². The van der Waals surface area contributed by atoms with Crippen LogP contribution in [0.5, 0.6) is 0 Å². The van der Waals surface area contributed by atoms with E-state index in [1.807, 2.05) is 0 Å². The molecule has 0 radical (unpaired) electrons. The Hall–Kier alpha value is -1.26. The third-order valence-corrected chi connectivity index (χ3v) is 1.20. The zero-order valence-corrected chi connectivity index (χ0v) is 9.12. The summed E-state index contributed by atoms with van der Waals surface area (Å²) in [6, 6.07) is 0. The van der Waals surface area contributed by atoms with Crippen molar-refractivity contribution in [2.75, 3.05) is 7.11 Å². The van der Waals surface area contributed by atoms with E-state index in [0.717, 1.165) is 0 Å². The second-order valence-electron chi connectivity index (χ2n) is 3.75. The summed E-state index contributed by atoms with van der Waals surface area (Å²) < 4.78 is 13.8. The van der Waals surface area contributed by atoms with Gasteiger partial charge < -0.3 is 14.2 Å². The van der Waals surface area contributed by atoms with E-state index in [1.54, 1.807) is 20.8 Å². The number of carbonyl (C=O) groups is 2. The summed E-state index contributed by atoms with van der Waals surface area (Å²) in [6.45, 7) is 6.53. The number of rotatable bonds is 2. The molecule has 0 aliphatic heterocycles. The molecule has 0 heterocycles. The molecule has 0 fully saturated rings. The molecular formula is C9H16O5. The van der Waals surface area contributed by atoms with Crippen LogP contribution in [0.15, 0.2) is 0 Å². The van der Waals surface area contributed by atoms with Gasteiger partial charge in [0.15, 0.2) is 6.10 Å². The van der Waals surface area contributed by atoms with Crippen molar-refractivity contribution in [3.05, 3.63) is 0 Å². The van der Waals surface area contributed by atoms with Gasteiger partial charge in [-0.15, -0.1) is 0 Å². The molecule has 82 valence electrons. The van der Waals surface area contributed by atoms with Crippen LogP contribution in [-0.4, -0.2) is 30.9 Å². The molecule has 14 heavy (non-hydrogen) atoms. The fourth-order valence-electron chi connectivity index (χ4n) is 0.632. The molecule has 0 rings (SSSR count). The first kappa shape index (κ1) is 12.7. The summed E-state index contributed by atoms with van der Waals surface area (Å²) in [4.78, 5) is 21.9. The van der Waals surface area contributed by atoms with Gasteiger partial charge in [-0.2, -0.15) is 0 Å². The van der Waals surface area contributed by atoms with Gasteiger partial charge >= 0.3 is 12.1 Å².